The first kappa shape index (κ1) is 12.8. The summed E-state index contributed by atoms with van der Waals surface area (Å²) in [7, 11) is 0. The SMILES string of the molecule is Nc1c(SCC(O)CO)cccc1C(=O)O. The first-order valence-corrected chi connectivity index (χ1v) is 5.58. The minimum atomic E-state index is -1.08. The Kier molecular flexibility index (Phi) is 4.60. The smallest absolute Gasteiger partial charge is 0.337 e. The van der Waals surface area contributed by atoms with Gasteiger partial charge in [0.2, 0.25) is 0 Å². The molecule has 0 bridgehead atoms. The molecule has 0 spiro atoms. The van der Waals surface area contributed by atoms with E-state index in [-0.39, 0.29) is 23.6 Å². The van der Waals surface area contributed by atoms with Crippen LogP contribution in [0.2, 0.25) is 0 Å². The van der Waals surface area contributed by atoms with Crippen LogP contribution in [0.3, 0.4) is 0 Å². The van der Waals surface area contributed by atoms with Gasteiger partial charge in [0.15, 0.2) is 0 Å². The number of thioether (sulfide) groups is 1. The van der Waals surface area contributed by atoms with Gasteiger partial charge in [0.1, 0.15) is 0 Å². The molecule has 16 heavy (non-hydrogen) atoms. The van der Waals surface area contributed by atoms with Crippen molar-refractivity contribution in [3.8, 4) is 0 Å². The fourth-order valence-electron chi connectivity index (χ4n) is 1.10. The number of hydrogen-bond donors (Lipinski definition) is 4. The van der Waals surface area contributed by atoms with E-state index in [1.54, 1.807) is 12.1 Å². The minimum absolute atomic E-state index is 0.0449. The predicted molar refractivity (Wildman–Crippen MR) is 61.6 cm³/mol. The van der Waals surface area contributed by atoms with Crippen molar-refractivity contribution in [2.75, 3.05) is 18.1 Å². The van der Waals surface area contributed by atoms with E-state index in [2.05, 4.69) is 0 Å². The molecule has 0 saturated heterocycles. The van der Waals surface area contributed by atoms with Gasteiger partial charge in [-0.2, -0.15) is 0 Å². The zero-order valence-corrected chi connectivity index (χ0v) is 9.28. The molecule has 1 aromatic rings. The zero-order chi connectivity index (χ0) is 12.1. The molecule has 0 saturated carbocycles. The maximum Gasteiger partial charge on any atom is 0.337 e. The summed E-state index contributed by atoms with van der Waals surface area (Å²) < 4.78 is 0. The van der Waals surface area contributed by atoms with E-state index in [1.807, 2.05) is 0 Å². The Morgan fingerprint density at radius 3 is 2.75 bits per heavy atom. The second-order valence-electron chi connectivity index (χ2n) is 3.17. The molecule has 5 N–H and O–H groups in total. The number of anilines is 1. The Morgan fingerprint density at radius 1 is 1.50 bits per heavy atom. The van der Waals surface area contributed by atoms with E-state index in [4.69, 9.17) is 21.1 Å². The predicted octanol–water partition coefficient (Wildman–Crippen LogP) is 0.412. The number of rotatable bonds is 5. The van der Waals surface area contributed by atoms with Gasteiger partial charge in [0, 0.05) is 10.6 Å². The molecular formula is C10H13NO4S. The van der Waals surface area contributed by atoms with Crippen LogP contribution < -0.4 is 5.73 Å². The normalized spacial score (nSPS) is 12.4. The Morgan fingerprint density at radius 2 is 2.19 bits per heavy atom. The van der Waals surface area contributed by atoms with Crippen LogP contribution in [0.15, 0.2) is 23.1 Å². The Labute approximate surface area is 96.9 Å². The maximum absolute atomic E-state index is 10.8. The van der Waals surface area contributed by atoms with Crippen molar-refractivity contribution < 1.29 is 20.1 Å². The van der Waals surface area contributed by atoms with E-state index < -0.39 is 12.1 Å². The van der Waals surface area contributed by atoms with Crippen LogP contribution >= 0.6 is 11.8 Å². The number of aromatic carboxylic acids is 1. The lowest BCUT2D eigenvalue weighted by Gasteiger charge is -2.10. The van der Waals surface area contributed by atoms with Gasteiger partial charge in [-0.1, -0.05) is 6.07 Å². The topological polar surface area (TPSA) is 104 Å². The molecule has 0 aliphatic rings. The third-order valence-corrected chi connectivity index (χ3v) is 3.16. The van der Waals surface area contributed by atoms with E-state index in [9.17, 15) is 4.79 Å². The maximum atomic E-state index is 10.8. The largest absolute Gasteiger partial charge is 0.478 e. The Bertz CT molecular complexity index is 383. The number of aliphatic hydroxyl groups is 2. The van der Waals surface area contributed by atoms with Gasteiger partial charge in [-0.15, -0.1) is 11.8 Å². The lowest BCUT2D eigenvalue weighted by molar-refractivity contribution is 0.0698. The highest BCUT2D eigenvalue weighted by Gasteiger charge is 2.12. The van der Waals surface area contributed by atoms with Gasteiger partial charge in [0.05, 0.1) is 24.0 Å². The third kappa shape index (κ3) is 3.13. The summed E-state index contributed by atoms with van der Waals surface area (Å²) in [5, 5.41) is 26.6. The fourth-order valence-corrected chi connectivity index (χ4v) is 2.01. The number of nitrogens with two attached hydrogens (primary N) is 1. The number of carboxylic acid groups (broad SMARTS) is 1. The molecule has 5 nitrogen and oxygen atoms in total. The van der Waals surface area contributed by atoms with Crippen molar-refractivity contribution in [1.82, 2.24) is 0 Å². The minimum Gasteiger partial charge on any atom is -0.478 e. The van der Waals surface area contributed by atoms with Crippen LogP contribution in [-0.4, -0.2) is 39.8 Å². The molecule has 0 radical (unpaired) electrons. The number of carbonyl (C=O) groups is 1. The number of aliphatic hydroxyl groups excluding tert-OH is 2. The van der Waals surface area contributed by atoms with Crippen LogP contribution in [0.25, 0.3) is 0 Å². The van der Waals surface area contributed by atoms with E-state index in [1.165, 1.54) is 17.8 Å². The fraction of sp³-hybridized carbons (Fsp3) is 0.300. The summed E-state index contributed by atoms with van der Waals surface area (Å²) in [5.74, 6) is -0.813. The summed E-state index contributed by atoms with van der Waals surface area (Å²) in [5.41, 5.74) is 5.90. The number of nitrogen functional groups attached to an aromatic ring is 1. The number of para-hydroxylation sites is 1. The highest BCUT2D eigenvalue weighted by Crippen LogP contribution is 2.28. The molecule has 0 aliphatic heterocycles. The van der Waals surface area contributed by atoms with Gasteiger partial charge in [-0.25, -0.2) is 4.79 Å². The van der Waals surface area contributed by atoms with Crippen LogP contribution in [0.1, 0.15) is 10.4 Å². The molecule has 0 aromatic heterocycles. The lowest BCUT2D eigenvalue weighted by Crippen LogP contribution is -2.14. The Balaban J connectivity index is 2.81. The molecule has 1 rings (SSSR count). The molecule has 0 aliphatic carbocycles. The standard InChI is InChI=1S/C10H13NO4S/c11-9-7(10(14)15)2-1-3-8(9)16-5-6(13)4-12/h1-3,6,12-13H,4-5,11H2,(H,14,15). The highest BCUT2D eigenvalue weighted by atomic mass is 32.2. The van der Waals surface area contributed by atoms with Gasteiger partial charge in [-0.3, -0.25) is 0 Å². The first-order valence-electron chi connectivity index (χ1n) is 4.59. The number of carboxylic acids is 1. The quantitative estimate of drug-likeness (QED) is 0.441. The molecular weight excluding hydrogens is 230 g/mol. The summed E-state index contributed by atoms with van der Waals surface area (Å²) in [6, 6.07) is 4.69. The highest BCUT2D eigenvalue weighted by molar-refractivity contribution is 7.99. The molecule has 88 valence electrons. The number of hydrogen-bond acceptors (Lipinski definition) is 5. The van der Waals surface area contributed by atoms with Gasteiger partial charge >= 0.3 is 5.97 Å². The summed E-state index contributed by atoms with van der Waals surface area (Å²) in [4.78, 5) is 11.4. The average Bonchev–Trinajstić information content (AvgIpc) is 2.26. The van der Waals surface area contributed by atoms with Crippen molar-refractivity contribution in [1.29, 1.82) is 0 Å². The van der Waals surface area contributed by atoms with Crippen LogP contribution in [0.5, 0.6) is 0 Å². The second-order valence-corrected chi connectivity index (χ2v) is 4.23. The molecule has 1 unspecified atom stereocenters. The van der Waals surface area contributed by atoms with Crippen molar-refractivity contribution >= 4 is 23.4 Å². The van der Waals surface area contributed by atoms with Gasteiger partial charge in [0.25, 0.3) is 0 Å². The zero-order valence-electron chi connectivity index (χ0n) is 8.46. The van der Waals surface area contributed by atoms with Gasteiger partial charge in [-0.05, 0) is 12.1 Å². The second kappa shape index (κ2) is 5.74. The lowest BCUT2D eigenvalue weighted by atomic mass is 10.2. The third-order valence-electron chi connectivity index (χ3n) is 1.94. The van der Waals surface area contributed by atoms with E-state index in [0.717, 1.165) is 0 Å². The number of benzene rings is 1. The van der Waals surface area contributed by atoms with Gasteiger partial charge < -0.3 is 21.1 Å². The van der Waals surface area contributed by atoms with Crippen LogP contribution in [0.4, 0.5) is 5.69 Å². The molecule has 0 fully saturated rings. The average molecular weight is 243 g/mol. The summed E-state index contributed by atoms with van der Waals surface area (Å²) in [6.45, 7) is -0.328. The Hall–Kier alpha value is -1.24. The summed E-state index contributed by atoms with van der Waals surface area (Å²) >= 11 is 1.21. The molecule has 6 heteroatoms. The molecule has 0 heterocycles. The van der Waals surface area contributed by atoms with E-state index >= 15 is 0 Å². The van der Waals surface area contributed by atoms with Crippen LogP contribution in [-0.2, 0) is 0 Å². The van der Waals surface area contributed by atoms with Crippen molar-refractivity contribution in [2.24, 2.45) is 0 Å². The summed E-state index contributed by atoms with van der Waals surface area (Å²) in [6.07, 6.45) is -0.835. The van der Waals surface area contributed by atoms with Crippen LogP contribution in [0, 0.1) is 0 Å². The monoisotopic (exact) mass is 243 g/mol. The molecule has 0 amide bonds. The van der Waals surface area contributed by atoms with Crippen molar-refractivity contribution in [2.45, 2.75) is 11.0 Å². The molecule has 1 atom stereocenters. The van der Waals surface area contributed by atoms with Crippen molar-refractivity contribution in [3.63, 3.8) is 0 Å². The first-order chi connectivity index (χ1) is 7.56. The van der Waals surface area contributed by atoms with E-state index in [0.29, 0.717) is 4.90 Å². The van der Waals surface area contributed by atoms with Crippen molar-refractivity contribution in [3.05, 3.63) is 23.8 Å². The molecule has 1 aromatic carbocycles.